The lowest BCUT2D eigenvalue weighted by molar-refractivity contribution is -0.160. The maximum Gasteiger partial charge on any atom is 0.418 e. The van der Waals surface area contributed by atoms with Gasteiger partial charge in [0, 0.05) is 17.7 Å². The molecule has 3 aromatic rings. The zero-order valence-electron chi connectivity index (χ0n) is 18.4. The average Bonchev–Trinajstić information content (AvgIpc) is 3.35. The highest BCUT2D eigenvalue weighted by atomic mass is 19.4. The van der Waals surface area contributed by atoms with Gasteiger partial charge in [0.25, 0.3) is 5.91 Å². The van der Waals surface area contributed by atoms with Gasteiger partial charge >= 0.3 is 12.4 Å². The van der Waals surface area contributed by atoms with E-state index in [4.69, 9.17) is 5.73 Å². The van der Waals surface area contributed by atoms with E-state index < -0.39 is 89.9 Å². The summed E-state index contributed by atoms with van der Waals surface area (Å²) in [6, 6.07) is 1.89. The minimum Gasteiger partial charge on any atom is -0.382 e. The molecule has 0 unspecified atom stereocenters. The third-order valence-corrected chi connectivity index (χ3v) is 5.66. The van der Waals surface area contributed by atoms with Crippen LogP contribution in [0.2, 0.25) is 0 Å². The van der Waals surface area contributed by atoms with Crippen LogP contribution in [0.5, 0.6) is 0 Å². The number of nitrogen functional groups attached to an aromatic ring is 1. The first-order valence-corrected chi connectivity index (χ1v) is 10.4. The quantitative estimate of drug-likeness (QED) is 0.498. The molecule has 1 aliphatic rings. The molecule has 0 aliphatic carbocycles. The third kappa shape index (κ3) is 5.27. The SMILES string of the molecule is Nc1ncnn2c(-c3cc(C(=O)N[C@@H]4CN(C(=O)CC(F)(F)F)C[C@@H]4F)ccc3F)cc(C(F)(F)F)c12. The van der Waals surface area contributed by atoms with Gasteiger partial charge in [-0.2, -0.15) is 31.4 Å². The first-order valence-electron chi connectivity index (χ1n) is 10.4. The number of halogens is 8. The predicted molar refractivity (Wildman–Crippen MR) is 111 cm³/mol. The van der Waals surface area contributed by atoms with Crippen molar-refractivity contribution < 1.29 is 44.7 Å². The number of fused-ring (bicyclic) bond motifs is 1. The topological polar surface area (TPSA) is 106 Å². The molecule has 0 bridgehead atoms. The van der Waals surface area contributed by atoms with Crippen LogP contribution in [0.15, 0.2) is 30.6 Å². The summed E-state index contributed by atoms with van der Waals surface area (Å²) in [4.78, 5) is 28.6. The summed E-state index contributed by atoms with van der Waals surface area (Å²) < 4.78 is 108. The molecule has 1 fully saturated rings. The van der Waals surface area contributed by atoms with Crippen LogP contribution in [-0.2, 0) is 11.0 Å². The highest BCUT2D eigenvalue weighted by molar-refractivity contribution is 5.96. The molecule has 8 nitrogen and oxygen atoms in total. The van der Waals surface area contributed by atoms with E-state index in [0.29, 0.717) is 15.5 Å². The predicted octanol–water partition coefficient (Wildman–Crippen LogP) is 3.37. The number of rotatable bonds is 4. The largest absolute Gasteiger partial charge is 0.418 e. The number of carbonyl (C=O) groups excluding carboxylic acids is 2. The second kappa shape index (κ2) is 9.15. The van der Waals surface area contributed by atoms with Gasteiger partial charge in [0.15, 0.2) is 5.82 Å². The Balaban J connectivity index is 1.62. The molecule has 1 saturated heterocycles. The zero-order chi connectivity index (χ0) is 27.3. The summed E-state index contributed by atoms with van der Waals surface area (Å²) in [5.74, 6) is -3.90. The van der Waals surface area contributed by atoms with Gasteiger partial charge in [0.1, 0.15) is 30.3 Å². The van der Waals surface area contributed by atoms with Gasteiger partial charge in [-0.25, -0.2) is 18.3 Å². The Labute approximate surface area is 202 Å². The van der Waals surface area contributed by atoms with E-state index in [2.05, 4.69) is 15.4 Å². The Morgan fingerprint density at radius 2 is 1.81 bits per heavy atom. The standard InChI is InChI=1S/C21H16F8N6O2/c22-12-2-1-9(19(37)33-14-7-34(6-13(14)23)16(36)5-20(24,25)26)3-10(12)15-4-11(21(27,28)29)17-18(30)31-8-32-35(15)17/h1-4,8,13-14H,5-7H2,(H,33,37)(H2,30,31,32)/t13-,14+/m0/s1. The molecule has 0 radical (unpaired) electrons. The number of nitrogens with zero attached hydrogens (tertiary/aromatic N) is 4. The number of anilines is 1. The van der Waals surface area contributed by atoms with Gasteiger partial charge in [-0.3, -0.25) is 9.59 Å². The molecule has 3 N–H and O–H groups in total. The fraction of sp³-hybridized carbons (Fsp3) is 0.333. The molecule has 4 rings (SSSR count). The van der Waals surface area contributed by atoms with Crippen LogP contribution in [0.3, 0.4) is 0 Å². The monoisotopic (exact) mass is 536 g/mol. The molecule has 16 heteroatoms. The number of benzene rings is 1. The van der Waals surface area contributed by atoms with Crippen molar-refractivity contribution in [1.29, 1.82) is 0 Å². The average molecular weight is 536 g/mol. The third-order valence-electron chi connectivity index (χ3n) is 5.66. The van der Waals surface area contributed by atoms with E-state index in [1.54, 1.807) is 0 Å². The molecule has 2 atom stereocenters. The Bertz CT molecular complexity index is 1370. The first-order chi connectivity index (χ1) is 17.2. The lowest BCUT2D eigenvalue weighted by atomic mass is 10.1. The zero-order valence-corrected chi connectivity index (χ0v) is 18.4. The normalized spacial score (nSPS) is 18.4. The Kier molecular flexibility index (Phi) is 6.45. The van der Waals surface area contributed by atoms with Crippen LogP contribution in [-0.4, -0.2) is 62.8 Å². The molecular weight excluding hydrogens is 520 g/mol. The van der Waals surface area contributed by atoms with Gasteiger partial charge in [-0.15, -0.1) is 0 Å². The van der Waals surface area contributed by atoms with Crippen molar-refractivity contribution >= 4 is 23.1 Å². The van der Waals surface area contributed by atoms with Crippen molar-refractivity contribution in [1.82, 2.24) is 24.8 Å². The van der Waals surface area contributed by atoms with Gasteiger partial charge < -0.3 is 16.0 Å². The second-order valence-electron chi connectivity index (χ2n) is 8.23. The fourth-order valence-electron chi connectivity index (χ4n) is 3.98. The van der Waals surface area contributed by atoms with Crippen LogP contribution in [0.25, 0.3) is 16.8 Å². The maximum atomic E-state index is 14.7. The van der Waals surface area contributed by atoms with Crippen molar-refractivity contribution in [3.05, 3.63) is 47.5 Å². The van der Waals surface area contributed by atoms with E-state index in [1.165, 1.54) is 0 Å². The smallest absolute Gasteiger partial charge is 0.382 e. The van der Waals surface area contributed by atoms with Crippen molar-refractivity contribution in [2.75, 3.05) is 18.8 Å². The van der Waals surface area contributed by atoms with E-state index in [9.17, 15) is 44.7 Å². The molecule has 2 amide bonds. The highest BCUT2D eigenvalue weighted by Crippen LogP contribution is 2.39. The minimum absolute atomic E-state index is 0.297. The number of alkyl halides is 7. The summed E-state index contributed by atoms with van der Waals surface area (Å²) in [6.07, 6.45) is -12.5. The van der Waals surface area contributed by atoms with E-state index in [-0.39, 0.29) is 5.56 Å². The number of carbonyl (C=O) groups is 2. The molecule has 37 heavy (non-hydrogen) atoms. The summed E-state index contributed by atoms with van der Waals surface area (Å²) in [7, 11) is 0. The van der Waals surface area contributed by atoms with Crippen LogP contribution < -0.4 is 11.1 Å². The number of hydrogen-bond acceptors (Lipinski definition) is 5. The lowest BCUT2D eigenvalue weighted by Gasteiger charge is -2.17. The molecule has 3 heterocycles. The Morgan fingerprint density at radius 1 is 1.11 bits per heavy atom. The minimum atomic E-state index is -4.90. The van der Waals surface area contributed by atoms with Crippen LogP contribution in [0, 0.1) is 5.82 Å². The van der Waals surface area contributed by atoms with Gasteiger partial charge in [0.05, 0.1) is 23.8 Å². The second-order valence-corrected chi connectivity index (χ2v) is 8.23. The highest BCUT2D eigenvalue weighted by Gasteiger charge is 2.41. The van der Waals surface area contributed by atoms with Gasteiger partial charge in [-0.05, 0) is 24.3 Å². The van der Waals surface area contributed by atoms with Crippen molar-refractivity contribution in [3.63, 3.8) is 0 Å². The molecule has 1 aliphatic heterocycles. The number of nitrogens with two attached hydrogens (primary N) is 1. The van der Waals surface area contributed by atoms with Crippen molar-refractivity contribution in [3.8, 4) is 11.3 Å². The molecular formula is C21H16F8N6O2. The summed E-state index contributed by atoms with van der Waals surface area (Å²) >= 11 is 0. The van der Waals surface area contributed by atoms with E-state index in [0.717, 1.165) is 24.5 Å². The van der Waals surface area contributed by atoms with Crippen LogP contribution >= 0.6 is 0 Å². The van der Waals surface area contributed by atoms with E-state index >= 15 is 0 Å². The van der Waals surface area contributed by atoms with E-state index in [1.807, 2.05) is 0 Å². The summed E-state index contributed by atoms with van der Waals surface area (Å²) in [6.45, 7) is -1.21. The Hall–Kier alpha value is -3.98. The molecule has 0 saturated carbocycles. The van der Waals surface area contributed by atoms with Crippen LogP contribution in [0.4, 0.5) is 40.9 Å². The summed E-state index contributed by atoms with van der Waals surface area (Å²) in [5, 5.41) is 5.93. The lowest BCUT2D eigenvalue weighted by Crippen LogP contribution is -2.42. The first kappa shape index (κ1) is 26.1. The number of aromatic nitrogens is 3. The number of amides is 2. The Morgan fingerprint density at radius 3 is 2.46 bits per heavy atom. The molecule has 1 aromatic carbocycles. The number of nitrogens with one attached hydrogen (secondary N) is 1. The van der Waals surface area contributed by atoms with Gasteiger partial charge in [-0.1, -0.05) is 0 Å². The van der Waals surface area contributed by atoms with Crippen molar-refractivity contribution in [2.45, 2.75) is 31.0 Å². The van der Waals surface area contributed by atoms with Crippen LogP contribution in [0.1, 0.15) is 22.3 Å². The molecule has 2 aromatic heterocycles. The summed E-state index contributed by atoms with van der Waals surface area (Å²) in [5.41, 5.74) is 2.53. The number of likely N-dealkylation sites (tertiary alicyclic amines) is 1. The molecule has 198 valence electrons. The molecule has 0 spiro atoms. The number of hydrogen-bond donors (Lipinski definition) is 2. The van der Waals surface area contributed by atoms with Gasteiger partial charge in [0.2, 0.25) is 5.91 Å². The maximum absolute atomic E-state index is 14.7. The van der Waals surface area contributed by atoms with Crippen molar-refractivity contribution in [2.24, 2.45) is 0 Å². The fourth-order valence-corrected chi connectivity index (χ4v) is 3.98.